The molecule has 0 N–H and O–H groups in total. The lowest BCUT2D eigenvalue weighted by Crippen LogP contribution is -2.02. The number of aromatic nitrogens is 2. The van der Waals surface area contributed by atoms with E-state index in [-0.39, 0.29) is 0 Å². The van der Waals surface area contributed by atoms with E-state index in [4.69, 9.17) is 0 Å². The van der Waals surface area contributed by atoms with Gasteiger partial charge in [0.05, 0.1) is 5.69 Å². The molecule has 1 rings (SSSR count). The van der Waals surface area contributed by atoms with Gasteiger partial charge in [0.2, 0.25) is 0 Å². The van der Waals surface area contributed by atoms with E-state index in [1.165, 1.54) is 6.33 Å². The van der Waals surface area contributed by atoms with Gasteiger partial charge in [0.25, 0.3) is 0 Å². The summed E-state index contributed by atoms with van der Waals surface area (Å²) in [5, 5.41) is 1.70. The third-order valence-electron chi connectivity index (χ3n) is 1.66. The zero-order valence-electron chi connectivity index (χ0n) is 8.86. The topological polar surface area (TPSA) is 42.9 Å². The Bertz CT molecular complexity index is 412. The highest BCUT2D eigenvalue weighted by molar-refractivity contribution is 8.00. The van der Waals surface area contributed by atoms with Gasteiger partial charge in [-0.1, -0.05) is 13.3 Å². The third-order valence-corrected chi connectivity index (χ3v) is 2.46. The predicted octanol–water partition coefficient (Wildman–Crippen LogP) is 1.12. The first-order valence-corrected chi connectivity index (χ1v) is 7.05. The molecule has 3 nitrogen and oxygen atoms in total. The molecule has 0 amide bonds. The van der Waals surface area contributed by atoms with Crippen LogP contribution >= 0.6 is 0 Å². The Kier molecular flexibility index (Phi) is 3.63. The van der Waals surface area contributed by atoms with Gasteiger partial charge in [-0.15, -0.1) is 0 Å². The molecule has 0 fully saturated rings. The molecule has 4 heteroatoms. The third kappa shape index (κ3) is 3.87. The minimum Gasteiger partial charge on any atom is -0.268 e. The van der Waals surface area contributed by atoms with E-state index in [0.717, 1.165) is 24.2 Å². The summed E-state index contributed by atoms with van der Waals surface area (Å²) in [5.41, 5.74) is 1.77. The summed E-state index contributed by atoms with van der Waals surface area (Å²) >= 11 is 0. The van der Waals surface area contributed by atoms with E-state index in [9.17, 15) is 4.21 Å². The summed E-state index contributed by atoms with van der Waals surface area (Å²) < 4.78 is 11.5. The molecule has 0 atom stereocenters. The number of nitrogens with zero attached hydrogens (tertiary/aromatic N) is 2. The molecule has 78 valence electrons. The lowest BCUT2D eigenvalue weighted by atomic mass is 10.2. The fraction of sp³-hybridized carbons (Fsp3) is 0.500. The minimum absolute atomic E-state index is 0.762. The highest BCUT2D eigenvalue weighted by Gasteiger charge is 1.97. The van der Waals surface area contributed by atoms with Crippen LogP contribution < -0.4 is 0 Å². The molecule has 0 saturated carbocycles. The molecule has 0 bridgehead atoms. The quantitative estimate of drug-likeness (QED) is 0.705. The molecular weight excluding hydrogens is 196 g/mol. The molecule has 0 saturated heterocycles. The monoisotopic (exact) mass is 212 g/mol. The van der Waals surface area contributed by atoms with Gasteiger partial charge in [0.1, 0.15) is 6.33 Å². The van der Waals surface area contributed by atoms with Crippen molar-refractivity contribution < 1.29 is 4.21 Å². The van der Waals surface area contributed by atoms with Crippen LogP contribution in [0, 0.1) is 0 Å². The van der Waals surface area contributed by atoms with Crippen molar-refractivity contribution in [2.45, 2.75) is 19.8 Å². The Morgan fingerprint density at radius 2 is 2.14 bits per heavy atom. The zero-order valence-corrected chi connectivity index (χ0v) is 9.67. The smallest absolute Gasteiger partial charge is 0.116 e. The van der Waals surface area contributed by atoms with Crippen LogP contribution in [0.1, 0.15) is 24.7 Å². The second-order valence-electron chi connectivity index (χ2n) is 3.61. The summed E-state index contributed by atoms with van der Waals surface area (Å²) in [6, 6.07) is 1.90. The van der Waals surface area contributed by atoms with Gasteiger partial charge in [0.15, 0.2) is 0 Å². The Hall–Kier alpha value is -0.900. The van der Waals surface area contributed by atoms with Gasteiger partial charge in [-0.05, 0) is 22.0 Å². The minimum atomic E-state index is -1.87. The van der Waals surface area contributed by atoms with Gasteiger partial charge in [0, 0.05) is 23.6 Å². The van der Waals surface area contributed by atoms with Crippen molar-refractivity contribution in [1.82, 2.24) is 9.97 Å². The fourth-order valence-corrected chi connectivity index (χ4v) is 1.87. The molecule has 0 spiro atoms. The molecule has 0 aliphatic rings. The largest absolute Gasteiger partial charge is 0.268 e. The lowest BCUT2D eigenvalue weighted by molar-refractivity contribution is 0.688. The molecule has 1 aromatic rings. The van der Waals surface area contributed by atoms with Crippen LogP contribution in [0.2, 0.25) is 0 Å². The van der Waals surface area contributed by atoms with Crippen LogP contribution in [0.5, 0.6) is 0 Å². The zero-order chi connectivity index (χ0) is 10.6. The van der Waals surface area contributed by atoms with Crippen molar-refractivity contribution in [3.63, 3.8) is 0 Å². The van der Waals surface area contributed by atoms with Crippen molar-refractivity contribution in [2.24, 2.45) is 0 Å². The highest BCUT2D eigenvalue weighted by Crippen LogP contribution is 2.00. The van der Waals surface area contributed by atoms with Crippen LogP contribution in [0.4, 0.5) is 0 Å². The van der Waals surface area contributed by atoms with E-state index < -0.39 is 9.52 Å². The number of hydrogen-bond acceptors (Lipinski definition) is 3. The standard InChI is InChI=1S/C10H16N2OS/c1-4-5-9-6-10(12-8-11-9)7-14(2,3)13/h6-8H,4-5H2,1-3H3. The van der Waals surface area contributed by atoms with Crippen molar-refractivity contribution in [3.05, 3.63) is 23.8 Å². The van der Waals surface area contributed by atoms with Gasteiger partial charge in [-0.3, -0.25) is 4.21 Å². The summed E-state index contributed by atoms with van der Waals surface area (Å²) in [4.78, 5) is 8.20. The van der Waals surface area contributed by atoms with Gasteiger partial charge < -0.3 is 0 Å². The summed E-state index contributed by atoms with van der Waals surface area (Å²) in [6.45, 7) is 2.11. The maximum absolute atomic E-state index is 11.5. The first kappa shape index (κ1) is 11.2. The summed E-state index contributed by atoms with van der Waals surface area (Å²) in [5.74, 6) is 0. The SMILES string of the molecule is CCCc1cc(C=S(C)(C)=O)ncn1. The Labute approximate surface area is 85.6 Å². The molecule has 1 aromatic heterocycles. The Morgan fingerprint density at radius 1 is 1.43 bits per heavy atom. The average molecular weight is 212 g/mol. The van der Waals surface area contributed by atoms with E-state index in [1.54, 1.807) is 17.9 Å². The lowest BCUT2D eigenvalue weighted by Gasteiger charge is -1.99. The van der Waals surface area contributed by atoms with E-state index in [0.29, 0.717) is 0 Å². The van der Waals surface area contributed by atoms with Crippen LogP contribution in [0.3, 0.4) is 0 Å². The molecule has 0 radical (unpaired) electrons. The summed E-state index contributed by atoms with van der Waals surface area (Å²) in [6.07, 6.45) is 6.94. The predicted molar refractivity (Wildman–Crippen MR) is 61.2 cm³/mol. The second kappa shape index (κ2) is 4.55. The van der Waals surface area contributed by atoms with Crippen molar-refractivity contribution in [1.29, 1.82) is 0 Å². The molecule has 0 aromatic carbocycles. The normalized spacial score (nSPS) is 11.4. The highest BCUT2D eigenvalue weighted by atomic mass is 32.2. The van der Waals surface area contributed by atoms with Gasteiger partial charge in [-0.2, -0.15) is 0 Å². The molecule has 0 aliphatic heterocycles. The Morgan fingerprint density at radius 3 is 2.71 bits per heavy atom. The Balaban J connectivity index is 3.01. The fourth-order valence-electron chi connectivity index (χ4n) is 1.16. The average Bonchev–Trinajstić information content (AvgIpc) is 2.02. The molecule has 1 heterocycles. The second-order valence-corrected chi connectivity index (χ2v) is 6.47. The van der Waals surface area contributed by atoms with E-state index >= 15 is 0 Å². The van der Waals surface area contributed by atoms with Crippen molar-refractivity contribution in [3.8, 4) is 0 Å². The summed E-state index contributed by atoms with van der Waals surface area (Å²) in [7, 11) is -1.87. The maximum Gasteiger partial charge on any atom is 0.116 e. The maximum atomic E-state index is 11.5. The molecule has 0 aliphatic carbocycles. The van der Waals surface area contributed by atoms with Crippen LogP contribution in [-0.2, 0) is 15.9 Å². The van der Waals surface area contributed by atoms with Crippen molar-refractivity contribution >= 4 is 14.9 Å². The molecule has 0 unspecified atom stereocenters. The number of rotatable bonds is 3. The number of hydrogen-bond donors (Lipinski definition) is 0. The van der Waals surface area contributed by atoms with Gasteiger partial charge in [-0.25, -0.2) is 9.97 Å². The van der Waals surface area contributed by atoms with Crippen LogP contribution in [0.25, 0.3) is 0 Å². The van der Waals surface area contributed by atoms with Crippen molar-refractivity contribution in [2.75, 3.05) is 12.5 Å². The first-order valence-electron chi connectivity index (χ1n) is 4.61. The van der Waals surface area contributed by atoms with E-state index in [2.05, 4.69) is 16.9 Å². The van der Waals surface area contributed by atoms with Gasteiger partial charge >= 0.3 is 0 Å². The van der Waals surface area contributed by atoms with E-state index in [1.807, 2.05) is 6.07 Å². The molecule has 14 heavy (non-hydrogen) atoms. The van der Waals surface area contributed by atoms with Crippen LogP contribution in [-0.4, -0.2) is 32.1 Å². The first-order chi connectivity index (χ1) is 6.51. The number of aryl methyl sites for hydroxylation is 1. The van der Waals surface area contributed by atoms with Crippen LogP contribution in [0.15, 0.2) is 12.4 Å². The molecular formula is C10H16N2OS.